The highest BCUT2D eigenvalue weighted by molar-refractivity contribution is 9.10. The van der Waals surface area contributed by atoms with Crippen LogP contribution in [0.25, 0.3) is 10.6 Å². The maximum Gasteiger partial charge on any atom is 0.123 e. The van der Waals surface area contributed by atoms with E-state index in [-0.39, 0.29) is 0 Å². The van der Waals surface area contributed by atoms with Gasteiger partial charge in [-0.1, -0.05) is 33.3 Å². The number of benzene rings is 1. The average Bonchev–Trinajstić information content (AvgIpc) is 3.11. The third-order valence-corrected chi connectivity index (χ3v) is 4.31. The third-order valence-electron chi connectivity index (χ3n) is 2.85. The Bertz CT molecular complexity index is 723. The van der Waals surface area contributed by atoms with E-state index in [0.717, 1.165) is 26.4 Å². The van der Waals surface area contributed by atoms with Crippen LogP contribution in [0.3, 0.4) is 0 Å². The molecule has 108 valence electrons. The summed E-state index contributed by atoms with van der Waals surface area (Å²) in [6.07, 6.45) is 1.88. The van der Waals surface area contributed by atoms with Gasteiger partial charge in [-0.05, 0) is 12.1 Å². The van der Waals surface area contributed by atoms with Gasteiger partial charge in [-0.25, -0.2) is 9.67 Å². The van der Waals surface area contributed by atoms with Gasteiger partial charge in [-0.2, -0.15) is 0 Å². The number of aromatic nitrogens is 4. The Morgan fingerprint density at radius 2 is 2.05 bits per heavy atom. The molecule has 0 unspecified atom stereocenters. The van der Waals surface area contributed by atoms with E-state index in [4.69, 9.17) is 4.74 Å². The molecule has 0 N–H and O–H groups in total. The van der Waals surface area contributed by atoms with Crippen molar-refractivity contribution in [3.63, 3.8) is 0 Å². The van der Waals surface area contributed by atoms with Crippen LogP contribution in [-0.2, 0) is 17.9 Å². The molecule has 5 nitrogen and oxygen atoms in total. The molecule has 1 aromatic carbocycles. The van der Waals surface area contributed by atoms with Gasteiger partial charge >= 0.3 is 0 Å². The van der Waals surface area contributed by atoms with E-state index in [9.17, 15) is 0 Å². The van der Waals surface area contributed by atoms with Crippen molar-refractivity contribution in [1.82, 2.24) is 20.0 Å². The van der Waals surface area contributed by atoms with Gasteiger partial charge < -0.3 is 4.74 Å². The van der Waals surface area contributed by atoms with E-state index in [2.05, 4.69) is 48.7 Å². The molecule has 0 aliphatic carbocycles. The maximum atomic E-state index is 5.03. The molecule has 2 heterocycles. The highest BCUT2D eigenvalue weighted by Crippen LogP contribution is 2.25. The number of thiazole rings is 1. The van der Waals surface area contributed by atoms with E-state index in [0.29, 0.717) is 13.2 Å². The molecule has 0 aliphatic heterocycles. The van der Waals surface area contributed by atoms with Gasteiger partial charge in [-0.3, -0.25) is 0 Å². The molecular formula is C14H13BrN4OS. The van der Waals surface area contributed by atoms with Crippen molar-refractivity contribution in [3.8, 4) is 10.6 Å². The van der Waals surface area contributed by atoms with Crippen LogP contribution >= 0.6 is 27.3 Å². The Morgan fingerprint density at radius 1 is 1.24 bits per heavy atom. The summed E-state index contributed by atoms with van der Waals surface area (Å²) in [6, 6.07) is 8.15. The monoisotopic (exact) mass is 364 g/mol. The molecule has 0 radical (unpaired) electrons. The summed E-state index contributed by atoms with van der Waals surface area (Å²) < 4.78 is 7.87. The van der Waals surface area contributed by atoms with Crippen LogP contribution in [0.5, 0.6) is 0 Å². The van der Waals surface area contributed by atoms with Crippen LogP contribution in [0.2, 0.25) is 0 Å². The van der Waals surface area contributed by atoms with Crippen LogP contribution in [0, 0.1) is 0 Å². The lowest BCUT2D eigenvalue weighted by Gasteiger charge is -1.97. The second kappa shape index (κ2) is 6.46. The predicted octanol–water partition coefficient (Wildman–Crippen LogP) is 3.36. The number of rotatable bonds is 5. The summed E-state index contributed by atoms with van der Waals surface area (Å²) in [5.41, 5.74) is 2.92. The number of halogens is 1. The molecule has 0 aliphatic rings. The SMILES string of the molecule is COCc1cn(Cc2csc(-c3ccc(Br)cc3)n2)nn1. The van der Waals surface area contributed by atoms with Gasteiger partial charge in [0.05, 0.1) is 25.0 Å². The van der Waals surface area contributed by atoms with Crippen molar-refractivity contribution in [2.75, 3.05) is 7.11 Å². The van der Waals surface area contributed by atoms with Crippen molar-refractivity contribution in [2.45, 2.75) is 13.2 Å². The van der Waals surface area contributed by atoms with Crippen LogP contribution < -0.4 is 0 Å². The number of ether oxygens (including phenoxy) is 1. The minimum atomic E-state index is 0.473. The zero-order valence-corrected chi connectivity index (χ0v) is 13.8. The van der Waals surface area contributed by atoms with Crippen LogP contribution in [-0.4, -0.2) is 27.1 Å². The molecule has 0 saturated carbocycles. The highest BCUT2D eigenvalue weighted by Gasteiger charge is 2.07. The quantitative estimate of drug-likeness (QED) is 0.696. The molecule has 21 heavy (non-hydrogen) atoms. The number of methoxy groups -OCH3 is 1. The number of hydrogen-bond donors (Lipinski definition) is 0. The van der Waals surface area contributed by atoms with E-state index in [1.165, 1.54) is 0 Å². The molecule has 0 fully saturated rings. The summed E-state index contributed by atoms with van der Waals surface area (Å²) in [5.74, 6) is 0. The van der Waals surface area contributed by atoms with Gasteiger partial charge in [0.25, 0.3) is 0 Å². The Kier molecular flexibility index (Phi) is 4.42. The molecule has 0 atom stereocenters. The molecule has 3 aromatic rings. The predicted molar refractivity (Wildman–Crippen MR) is 85.1 cm³/mol. The first kappa shape index (κ1) is 14.4. The minimum Gasteiger partial charge on any atom is -0.378 e. The molecule has 7 heteroatoms. The number of hydrogen-bond acceptors (Lipinski definition) is 5. The van der Waals surface area contributed by atoms with Gasteiger partial charge in [0.1, 0.15) is 10.7 Å². The zero-order valence-electron chi connectivity index (χ0n) is 11.4. The fourth-order valence-corrected chi connectivity index (χ4v) is 2.98. The summed E-state index contributed by atoms with van der Waals surface area (Å²) in [7, 11) is 1.64. The van der Waals surface area contributed by atoms with E-state index >= 15 is 0 Å². The topological polar surface area (TPSA) is 52.8 Å². The molecule has 0 bridgehead atoms. The largest absolute Gasteiger partial charge is 0.378 e. The Labute approximate surface area is 134 Å². The van der Waals surface area contributed by atoms with Crippen molar-refractivity contribution in [2.24, 2.45) is 0 Å². The Balaban J connectivity index is 1.73. The second-order valence-corrected chi connectivity index (χ2v) is 6.27. The lowest BCUT2D eigenvalue weighted by molar-refractivity contribution is 0.181. The Hall–Kier alpha value is -1.57. The van der Waals surface area contributed by atoms with Crippen LogP contribution in [0.1, 0.15) is 11.4 Å². The smallest absolute Gasteiger partial charge is 0.123 e. The fourth-order valence-electron chi connectivity index (χ4n) is 1.90. The van der Waals surface area contributed by atoms with E-state index < -0.39 is 0 Å². The molecule has 0 amide bonds. The average molecular weight is 365 g/mol. The number of nitrogens with zero attached hydrogens (tertiary/aromatic N) is 4. The lowest BCUT2D eigenvalue weighted by atomic mass is 10.2. The van der Waals surface area contributed by atoms with E-state index in [1.54, 1.807) is 23.1 Å². The summed E-state index contributed by atoms with van der Waals surface area (Å²) >= 11 is 5.07. The van der Waals surface area contributed by atoms with Crippen molar-refractivity contribution < 1.29 is 4.74 Å². The first-order chi connectivity index (χ1) is 10.2. The standard InChI is InChI=1S/C14H13BrN4OS/c1-20-8-12-6-19(18-17-12)7-13-9-21-14(16-13)10-2-4-11(15)5-3-10/h2-6,9H,7-8H2,1H3. The summed E-state index contributed by atoms with van der Waals surface area (Å²) in [6.45, 7) is 1.09. The van der Waals surface area contributed by atoms with Crippen LogP contribution in [0.15, 0.2) is 40.3 Å². The molecule has 3 rings (SSSR count). The second-order valence-electron chi connectivity index (χ2n) is 4.49. The van der Waals surface area contributed by atoms with Gasteiger partial charge in [0.15, 0.2) is 0 Å². The van der Waals surface area contributed by atoms with Crippen molar-refractivity contribution in [3.05, 3.63) is 51.7 Å². The molecule has 2 aromatic heterocycles. The highest BCUT2D eigenvalue weighted by atomic mass is 79.9. The zero-order chi connectivity index (χ0) is 14.7. The van der Waals surface area contributed by atoms with E-state index in [1.807, 2.05) is 18.3 Å². The van der Waals surface area contributed by atoms with Crippen molar-refractivity contribution >= 4 is 27.3 Å². The normalized spacial score (nSPS) is 11.0. The summed E-state index contributed by atoms with van der Waals surface area (Å²) in [4.78, 5) is 4.64. The van der Waals surface area contributed by atoms with Crippen molar-refractivity contribution in [1.29, 1.82) is 0 Å². The maximum absolute atomic E-state index is 5.03. The molecular weight excluding hydrogens is 352 g/mol. The molecule has 0 saturated heterocycles. The van der Waals surface area contributed by atoms with Gasteiger partial charge in [0, 0.05) is 22.5 Å². The van der Waals surface area contributed by atoms with Gasteiger partial charge in [0.2, 0.25) is 0 Å². The minimum absolute atomic E-state index is 0.473. The van der Waals surface area contributed by atoms with Crippen LogP contribution in [0.4, 0.5) is 0 Å². The fraction of sp³-hybridized carbons (Fsp3) is 0.214. The summed E-state index contributed by atoms with van der Waals surface area (Å²) in [5, 5.41) is 11.2. The molecule has 0 spiro atoms. The third kappa shape index (κ3) is 3.55. The first-order valence-corrected chi connectivity index (χ1v) is 8.00. The Morgan fingerprint density at radius 3 is 2.81 bits per heavy atom. The first-order valence-electron chi connectivity index (χ1n) is 6.33. The lowest BCUT2D eigenvalue weighted by Crippen LogP contribution is -2.00. The van der Waals surface area contributed by atoms with Gasteiger partial charge in [-0.15, -0.1) is 16.4 Å².